The highest BCUT2D eigenvalue weighted by Crippen LogP contribution is 2.37. The second-order valence-corrected chi connectivity index (χ2v) is 8.05. The summed E-state index contributed by atoms with van der Waals surface area (Å²) in [6, 6.07) is 8.74. The molecule has 0 fully saturated rings. The lowest BCUT2D eigenvalue weighted by molar-refractivity contribution is -0.138. The van der Waals surface area contributed by atoms with E-state index in [-0.39, 0.29) is 34.7 Å². The minimum atomic E-state index is -4.50. The predicted octanol–water partition coefficient (Wildman–Crippen LogP) is 5.49. The number of aliphatic hydroxyl groups is 1. The molecule has 0 aliphatic carbocycles. The minimum Gasteiger partial charge on any atom is -0.394 e. The fraction of sp³-hybridized carbons (Fsp3) is 0.286. The summed E-state index contributed by atoms with van der Waals surface area (Å²) in [5.74, 6) is 0.660. The van der Waals surface area contributed by atoms with E-state index in [4.69, 9.17) is 0 Å². The van der Waals surface area contributed by atoms with Gasteiger partial charge in [0.1, 0.15) is 5.82 Å². The van der Waals surface area contributed by atoms with Crippen molar-refractivity contribution in [1.82, 2.24) is 15.0 Å². The van der Waals surface area contributed by atoms with Gasteiger partial charge < -0.3 is 15.7 Å². The lowest BCUT2D eigenvalue weighted by Gasteiger charge is -2.21. The summed E-state index contributed by atoms with van der Waals surface area (Å²) in [5, 5.41) is 15.6. The summed E-state index contributed by atoms with van der Waals surface area (Å²) in [7, 11) is 0. The average molecular weight is 496 g/mol. The van der Waals surface area contributed by atoms with Crippen LogP contribution in [0.25, 0.3) is 11.3 Å². The number of benzene rings is 1. The molecule has 0 spiro atoms. The Morgan fingerprint density at radius 2 is 1.77 bits per heavy atom. The maximum Gasteiger partial charge on any atom is 0.417 e. The van der Waals surface area contributed by atoms with Crippen LogP contribution >= 0.6 is 15.9 Å². The number of nitrogens with one attached hydrogen (secondary N) is 2. The predicted molar refractivity (Wildman–Crippen MR) is 117 cm³/mol. The number of aliphatic hydroxyl groups excluding tert-OH is 1. The quantitative estimate of drug-likeness (QED) is 0.401. The topological polar surface area (TPSA) is 83.0 Å². The first-order valence-electron chi connectivity index (χ1n) is 9.48. The average Bonchev–Trinajstić information content (AvgIpc) is 2.73. The molecule has 1 atom stereocenters. The van der Waals surface area contributed by atoms with Gasteiger partial charge in [-0.05, 0) is 36.2 Å². The van der Waals surface area contributed by atoms with Crippen molar-refractivity contribution in [2.45, 2.75) is 26.1 Å². The molecular formula is C21H21BrF3N5O. The van der Waals surface area contributed by atoms with Crippen molar-refractivity contribution >= 4 is 33.4 Å². The summed E-state index contributed by atoms with van der Waals surface area (Å²) in [6.45, 7) is 3.77. The van der Waals surface area contributed by atoms with E-state index in [0.717, 1.165) is 11.6 Å². The normalized spacial score (nSPS) is 12.6. The number of alkyl halides is 3. The molecule has 0 bridgehead atoms. The zero-order chi connectivity index (χ0) is 22.6. The number of pyridine rings is 1. The molecule has 2 heterocycles. The molecule has 0 amide bonds. The molecule has 0 unspecified atom stereocenters. The zero-order valence-electron chi connectivity index (χ0n) is 16.8. The second-order valence-electron chi connectivity index (χ2n) is 7.19. The molecule has 3 aromatic rings. The molecule has 0 saturated carbocycles. The van der Waals surface area contributed by atoms with Crippen molar-refractivity contribution in [3.8, 4) is 11.3 Å². The van der Waals surface area contributed by atoms with Crippen LogP contribution in [-0.2, 0) is 6.18 Å². The van der Waals surface area contributed by atoms with Crippen LogP contribution in [0.15, 0.2) is 53.3 Å². The highest BCUT2D eigenvalue weighted by Gasteiger charge is 2.33. The Balaban J connectivity index is 2.00. The highest BCUT2D eigenvalue weighted by molar-refractivity contribution is 9.10. The van der Waals surface area contributed by atoms with Gasteiger partial charge in [0.2, 0.25) is 5.95 Å². The summed E-state index contributed by atoms with van der Waals surface area (Å²) in [5.41, 5.74) is 0.749. The monoisotopic (exact) mass is 495 g/mol. The van der Waals surface area contributed by atoms with Crippen molar-refractivity contribution in [1.29, 1.82) is 0 Å². The number of nitrogens with zero attached hydrogens (tertiary/aromatic N) is 3. The molecule has 0 radical (unpaired) electrons. The van der Waals surface area contributed by atoms with Gasteiger partial charge in [-0.25, -0.2) is 4.98 Å². The molecule has 10 heteroatoms. The van der Waals surface area contributed by atoms with Gasteiger partial charge in [-0.3, -0.25) is 4.98 Å². The van der Waals surface area contributed by atoms with Gasteiger partial charge in [0.15, 0.2) is 0 Å². The van der Waals surface area contributed by atoms with Gasteiger partial charge in [-0.1, -0.05) is 29.8 Å². The van der Waals surface area contributed by atoms with Crippen molar-refractivity contribution in [2.75, 3.05) is 17.2 Å². The molecule has 0 saturated heterocycles. The van der Waals surface area contributed by atoms with Crippen LogP contribution < -0.4 is 10.6 Å². The third kappa shape index (κ3) is 5.92. The fourth-order valence-corrected chi connectivity index (χ4v) is 3.27. The van der Waals surface area contributed by atoms with Gasteiger partial charge in [0.05, 0.1) is 23.9 Å². The molecule has 3 N–H and O–H groups in total. The van der Waals surface area contributed by atoms with Crippen LogP contribution in [0, 0.1) is 5.92 Å². The number of halogens is 4. The largest absolute Gasteiger partial charge is 0.417 e. The standard InChI is InChI=1S/C21H21BrF3N5O/c1-12(2)18(11-31)29-20-28-17(13-5-7-26-8-6-13)10-19(30-20)27-14-3-4-16(22)15(9-14)21(23,24)25/h3-10,12,18,31H,11H2,1-2H3,(H2,27,28,29,30)/t18-/m0/s1. The first-order chi connectivity index (χ1) is 14.7. The molecule has 1 aromatic carbocycles. The lowest BCUT2D eigenvalue weighted by Crippen LogP contribution is -2.30. The van der Waals surface area contributed by atoms with Crippen molar-refractivity contribution in [3.05, 3.63) is 58.8 Å². The maximum absolute atomic E-state index is 13.3. The Morgan fingerprint density at radius 3 is 2.39 bits per heavy atom. The molecule has 31 heavy (non-hydrogen) atoms. The molecule has 164 valence electrons. The number of hydrogen-bond acceptors (Lipinski definition) is 6. The number of aromatic nitrogens is 3. The molecular weight excluding hydrogens is 475 g/mol. The van der Waals surface area contributed by atoms with E-state index in [2.05, 4.69) is 41.5 Å². The van der Waals surface area contributed by atoms with Crippen LogP contribution in [0.2, 0.25) is 0 Å². The second kappa shape index (κ2) is 9.61. The highest BCUT2D eigenvalue weighted by atomic mass is 79.9. The van der Waals surface area contributed by atoms with E-state index in [9.17, 15) is 18.3 Å². The van der Waals surface area contributed by atoms with E-state index in [1.54, 1.807) is 30.6 Å². The Labute approximate surface area is 186 Å². The van der Waals surface area contributed by atoms with E-state index in [1.165, 1.54) is 12.1 Å². The number of hydrogen-bond donors (Lipinski definition) is 3. The van der Waals surface area contributed by atoms with Crippen LogP contribution in [-0.4, -0.2) is 32.7 Å². The minimum absolute atomic E-state index is 0.0456. The molecule has 3 rings (SSSR count). The Hall–Kier alpha value is -2.72. The van der Waals surface area contributed by atoms with Gasteiger partial charge in [-0.2, -0.15) is 18.2 Å². The SMILES string of the molecule is CC(C)[C@H](CO)Nc1nc(Nc2ccc(Br)c(C(F)(F)F)c2)cc(-c2ccncc2)n1. The third-order valence-corrected chi connectivity index (χ3v) is 5.25. The van der Waals surface area contributed by atoms with Gasteiger partial charge in [-0.15, -0.1) is 0 Å². The zero-order valence-corrected chi connectivity index (χ0v) is 18.4. The van der Waals surface area contributed by atoms with E-state index in [0.29, 0.717) is 11.5 Å². The fourth-order valence-electron chi connectivity index (χ4n) is 2.80. The molecule has 6 nitrogen and oxygen atoms in total. The van der Waals surface area contributed by atoms with Crippen molar-refractivity contribution < 1.29 is 18.3 Å². The summed E-state index contributed by atoms with van der Waals surface area (Å²) in [6.07, 6.45) is -1.26. The smallest absolute Gasteiger partial charge is 0.394 e. The molecule has 2 aromatic heterocycles. The van der Waals surface area contributed by atoms with Gasteiger partial charge >= 0.3 is 6.18 Å². The Morgan fingerprint density at radius 1 is 1.06 bits per heavy atom. The van der Waals surface area contributed by atoms with Crippen LogP contribution in [0.3, 0.4) is 0 Å². The van der Waals surface area contributed by atoms with E-state index >= 15 is 0 Å². The van der Waals surface area contributed by atoms with Crippen LogP contribution in [0.5, 0.6) is 0 Å². The summed E-state index contributed by atoms with van der Waals surface area (Å²) < 4.78 is 39.7. The number of rotatable bonds is 7. The number of anilines is 3. The van der Waals surface area contributed by atoms with Crippen LogP contribution in [0.4, 0.5) is 30.6 Å². The maximum atomic E-state index is 13.3. The summed E-state index contributed by atoms with van der Waals surface area (Å²) in [4.78, 5) is 12.9. The first kappa shape index (κ1) is 23.0. The van der Waals surface area contributed by atoms with Crippen LogP contribution in [0.1, 0.15) is 19.4 Å². The summed E-state index contributed by atoms with van der Waals surface area (Å²) >= 11 is 2.94. The van der Waals surface area contributed by atoms with Crippen molar-refractivity contribution in [3.63, 3.8) is 0 Å². The van der Waals surface area contributed by atoms with Gasteiger partial charge in [0, 0.05) is 34.2 Å². The lowest BCUT2D eigenvalue weighted by atomic mass is 10.1. The Bertz CT molecular complexity index is 1030. The van der Waals surface area contributed by atoms with Gasteiger partial charge in [0.25, 0.3) is 0 Å². The Kier molecular flexibility index (Phi) is 7.11. The third-order valence-electron chi connectivity index (χ3n) is 4.56. The first-order valence-corrected chi connectivity index (χ1v) is 10.3. The molecule has 0 aliphatic heterocycles. The van der Waals surface area contributed by atoms with E-state index in [1.807, 2.05) is 13.8 Å². The molecule has 0 aliphatic rings. The van der Waals surface area contributed by atoms with E-state index < -0.39 is 11.7 Å². The van der Waals surface area contributed by atoms with Crippen molar-refractivity contribution in [2.24, 2.45) is 5.92 Å².